The molecule has 1 unspecified atom stereocenters. The molecule has 2 aliphatic heterocycles. The largest absolute Gasteiger partial charge is 0.481 e. The smallest absolute Gasteiger partial charge is 0.313 e. The third-order valence-corrected chi connectivity index (χ3v) is 3.40. The van der Waals surface area contributed by atoms with E-state index >= 15 is 0 Å². The summed E-state index contributed by atoms with van der Waals surface area (Å²) in [5, 5.41) is 9.33. The van der Waals surface area contributed by atoms with Crippen LogP contribution in [-0.4, -0.2) is 62.0 Å². The number of hydrogen-bond donors (Lipinski definition) is 1. The standard InChI is InChI=1S/C11H19NO4/c13-10(14)11(2-6-16-9-11)8-12-3-1-5-15-7-4-12/h1-9H2,(H,13,14). The van der Waals surface area contributed by atoms with E-state index in [0.29, 0.717) is 32.8 Å². The van der Waals surface area contributed by atoms with Gasteiger partial charge in [0.15, 0.2) is 0 Å². The van der Waals surface area contributed by atoms with Gasteiger partial charge in [0.1, 0.15) is 5.41 Å². The zero-order chi connectivity index (χ0) is 11.4. The minimum Gasteiger partial charge on any atom is -0.481 e. The number of ether oxygens (including phenoxy) is 2. The molecule has 0 bridgehead atoms. The molecule has 2 heterocycles. The highest BCUT2D eigenvalue weighted by Crippen LogP contribution is 2.30. The van der Waals surface area contributed by atoms with E-state index in [4.69, 9.17) is 9.47 Å². The zero-order valence-electron chi connectivity index (χ0n) is 9.48. The number of aliphatic carboxylic acids is 1. The summed E-state index contributed by atoms with van der Waals surface area (Å²) in [4.78, 5) is 13.5. The van der Waals surface area contributed by atoms with Crippen molar-refractivity contribution in [2.45, 2.75) is 12.8 Å². The predicted molar refractivity (Wildman–Crippen MR) is 57.4 cm³/mol. The van der Waals surface area contributed by atoms with Crippen molar-refractivity contribution < 1.29 is 19.4 Å². The van der Waals surface area contributed by atoms with E-state index in [1.165, 1.54) is 0 Å². The van der Waals surface area contributed by atoms with Crippen LogP contribution in [0.5, 0.6) is 0 Å². The number of hydrogen-bond acceptors (Lipinski definition) is 4. The van der Waals surface area contributed by atoms with Crippen molar-refractivity contribution in [3.05, 3.63) is 0 Å². The van der Waals surface area contributed by atoms with Gasteiger partial charge in [-0.1, -0.05) is 0 Å². The number of carboxylic acids is 1. The maximum atomic E-state index is 11.3. The first-order valence-corrected chi connectivity index (χ1v) is 5.84. The van der Waals surface area contributed by atoms with Gasteiger partial charge >= 0.3 is 5.97 Å². The lowest BCUT2D eigenvalue weighted by atomic mass is 9.86. The van der Waals surface area contributed by atoms with Crippen molar-refractivity contribution in [1.82, 2.24) is 4.90 Å². The lowest BCUT2D eigenvalue weighted by Crippen LogP contribution is -2.44. The first-order valence-electron chi connectivity index (χ1n) is 5.84. The molecule has 0 aromatic carbocycles. The first kappa shape index (κ1) is 11.8. The molecule has 1 atom stereocenters. The van der Waals surface area contributed by atoms with Crippen molar-refractivity contribution in [3.8, 4) is 0 Å². The molecule has 2 aliphatic rings. The van der Waals surface area contributed by atoms with Crippen molar-refractivity contribution in [1.29, 1.82) is 0 Å². The van der Waals surface area contributed by atoms with Gasteiger partial charge in [-0.3, -0.25) is 9.69 Å². The summed E-state index contributed by atoms with van der Waals surface area (Å²) in [7, 11) is 0. The summed E-state index contributed by atoms with van der Waals surface area (Å²) >= 11 is 0. The Morgan fingerprint density at radius 2 is 2.12 bits per heavy atom. The van der Waals surface area contributed by atoms with Crippen LogP contribution < -0.4 is 0 Å². The van der Waals surface area contributed by atoms with Crippen LogP contribution >= 0.6 is 0 Å². The average molecular weight is 229 g/mol. The van der Waals surface area contributed by atoms with E-state index < -0.39 is 11.4 Å². The summed E-state index contributed by atoms with van der Waals surface area (Å²) in [6, 6.07) is 0. The van der Waals surface area contributed by atoms with Crippen LogP contribution in [0.25, 0.3) is 0 Å². The van der Waals surface area contributed by atoms with Crippen LogP contribution in [-0.2, 0) is 14.3 Å². The van der Waals surface area contributed by atoms with Gasteiger partial charge in [0.05, 0.1) is 13.2 Å². The molecule has 1 N–H and O–H groups in total. The summed E-state index contributed by atoms with van der Waals surface area (Å²) < 4.78 is 10.6. The summed E-state index contributed by atoms with van der Waals surface area (Å²) in [6.07, 6.45) is 1.61. The maximum absolute atomic E-state index is 11.3. The minimum absolute atomic E-state index is 0.347. The molecule has 2 rings (SSSR count). The molecule has 2 fully saturated rings. The fourth-order valence-electron chi connectivity index (χ4n) is 2.35. The molecule has 0 aliphatic carbocycles. The van der Waals surface area contributed by atoms with Gasteiger partial charge < -0.3 is 14.6 Å². The predicted octanol–water partition coefficient (Wildman–Crippen LogP) is 0.200. The Morgan fingerprint density at radius 3 is 2.81 bits per heavy atom. The molecule has 5 heteroatoms. The zero-order valence-corrected chi connectivity index (χ0v) is 9.48. The van der Waals surface area contributed by atoms with E-state index in [2.05, 4.69) is 4.90 Å². The molecule has 5 nitrogen and oxygen atoms in total. The second-order valence-electron chi connectivity index (χ2n) is 4.63. The molecule has 2 saturated heterocycles. The lowest BCUT2D eigenvalue weighted by Gasteiger charge is -2.29. The molecule has 16 heavy (non-hydrogen) atoms. The number of nitrogens with zero attached hydrogens (tertiary/aromatic N) is 1. The number of carboxylic acid groups (broad SMARTS) is 1. The minimum atomic E-state index is -0.727. The Hall–Kier alpha value is -0.650. The van der Waals surface area contributed by atoms with Crippen LogP contribution in [0.15, 0.2) is 0 Å². The Balaban J connectivity index is 1.96. The highest BCUT2D eigenvalue weighted by atomic mass is 16.5. The summed E-state index contributed by atoms with van der Waals surface area (Å²) in [5.74, 6) is -0.727. The van der Waals surface area contributed by atoms with Crippen molar-refractivity contribution in [3.63, 3.8) is 0 Å². The van der Waals surface area contributed by atoms with Crippen molar-refractivity contribution in [2.75, 3.05) is 46.1 Å². The fraction of sp³-hybridized carbons (Fsp3) is 0.909. The summed E-state index contributed by atoms with van der Waals surface area (Å²) in [6.45, 7) is 4.75. The Bertz CT molecular complexity index is 242. The molecular weight excluding hydrogens is 210 g/mol. The maximum Gasteiger partial charge on any atom is 0.313 e. The third-order valence-electron chi connectivity index (χ3n) is 3.40. The Kier molecular flexibility index (Phi) is 3.78. The van der Waals surface area contributed by atoms with E-state index in [9.17, 15) is 9.90 Å². The monoisotopic (exact) mass is 229 g/mol. The van der Waals surface area contributed by atoms with Gasteiger partial charge in [-0.05, 0) is 12.8 Å². The summed E-state index contributed by atoms with van der Waals surface area (Å²) in [5.41, 5.74) is -0.690. The average Bonchev–Trinajstić information content (AvgIpc) is 2.58. The molecule has 0 aromatic heterocycles. The third kappa shape index (κ3) is 2.53. The molecule has 0 amide bonds. The number of rotatable bonds is 3. The van der Waals surface area contributed by atoms with Gasteiger partial charge in [0.25, 0.3) is 0 Å². The van der Waals surface area contributed by atoms with Crippen LogP contribution in [0.1, 0.15) is 12.8 Å². The van der Waals surface area contributed by atoms with E-state index in [0.717, 1.165) is 26.1 Å². The molecular formula is C11H19NO4. The van der Waals surface area contributed by atoms with Gasteiger partial charge in [-0.2, -0.15) is 0 Å². The van der Waals surface area contributed by atoms with Crippen LogP contribution in [0, 0.1) is 5.41 Å². The lowest BCUT2D eigenvalue weighted by molar-refractivity contribution is -0.150. The van der Waals surface area contributed by atoms with Gasteiger partial charge in [-0.25, -0.2) is 0 Å². The quantitative estimate of drug-likeness (QED) is 0.749. The van der Waals surface area contributed by atoms with Gasteiger partial charge in [0.2, 0.25) is 0 Å². The van der Waals surface area contributed by atoms with E-state index in [-0.39, 0.29) is 0 Å². The van der Waals surface area contributed by atoms with Crippen LogP contribution in [0.3, 0.4) is 0 Å². The van der Waals surface area contributed by atoms with Crippen molar-refractivity contribution >= 4 is 5.97 Å². The fourth-order valence-corrected chi connectivity index (χ4v) is 2.35. The van der Waals surface area contributed by atoms with Gasteiger partial charge in [-0.15, -0.1) is 0 Å². The van der Waals surface area contributed by atoms with Crippen LogP contribution in [0.4, 0.5) is 0 Å². The second kappa shape index (κ2) is 5.12. The van der Waals surface area contributed by atoms with Crippen LogP contribution in [0.2, 0.25) is 0 Å². The topological polar surface area (TPSA) is 59.0 Å². The second-order valence-corrected chi connectivity index (χ2v) is 4.63. The molecule has 0 saturated carbocycles. The Morgan fingerprint density at radius 1 is 1.25 bits per heavy atom. The highest BCUT2D eigenvalue weighted by molar-refractivity contribution is 5.75. The number of carbonyl (C=O) groups is 1. The molecule has 0 aromatic rings. The van der Waals surface area contributed by atoms with Gasteiger partial charge in [0, 0.05) is 32.8 Å². The molecule has 92 valence electrons. The van der Waals surface area contributed by atoms with E-state index in [1.807, 2.05) is 0 Å². The van der Waals surface area contributed by atoms with E-state index in [1.54, 1.807) is 0 Å². The molecule has 0 spiro atoms. The molecule has 0 radical (unpaired) electrons. The normalized spacial score (nSPS) is 32.5. The highest BCUT2D eigenvalue weighted by Gasteiger charge is 2.43. The first-order chi connectivity index (χ1) is 7.73. The SMILES string of the molecule is O=C(O)C1(CN2CCCOCC2)CCOC1. The Labute approximate surface area is 95.3 Å². The van der Waals surface area contributed by atoms with Crippen molar-refractivity contribution in [2.24, 2.45) is 5.41 Å².